The van der Waals surface area contributed by atoms with Crippen molar-refractivity contribution in [1.29, 1.82) is 0 Å². The summed E-state index contributed by atoms with van der Waals surface area (Å²) in [5, 5.41) is 0. The fourth-order valence-electron chi connectivity index (χ4n) is 5.50. The van der Waals surface area contributed by atoms with Crippen LogP contribution in [0.15, 0.2) is 85.1 Å². The van der Waals surface area contributed by atoms with Crippen molar-refractivity contribution < 1.29 is 4.79 Å². The zero-order valence-corrected chi connectivity index (χ0v) is 22.6. The van der Waals surface area contributed by atoms with Crippen LogP contribution in [0.1, 0.15) is 18.4 Å². The molecule has 5 aromatic rings. The first-order chi connectivity index (χ1) is 19.6. The molecule has 3 aromatic heterocycles. The van der Waals surface area contributed by atoms with Gasteiger partial charge < -0.3 is 10.6 Å². The maximum absolute atomic E-state index is 10.9. The molecule has 202 valence electrons. The summed E-state index contributed by atoms with van der Waals surface area (Å²) in [6.07, 6.45) is 4.83. The van der Waals surface area contributed by atoms with Gasteiger partial charge in [-0.2, -0.15) is 0 Å². The third-order valence-corrected chi connectivity index (χ3v) is 7.69. The first kappa shape index (κ1) is 25.7. The summed E-state index contributed by atoms with van der Waals surface area (Å²) < 4.78 is 2.08. The van der Waals surface area contributed by atoms with Crippen LogP contribution in [-0.4, -0.2) is 62.4 Å². The minimum absolute atomic E-state index is 0.432. The smallest absolute Gasteiger partial charge is 0.209 e. The number of fused-ring (bicyclic) bond motifs is 1. The molecule has 1 saturated heterocycles. The highest BCUT2D eigenvalue weighted by atomic mass is 16.1. The molecule has 1 atom stereocenters. The molecule has 1 fully saturated rings. The van der Waals surface area contributed by atoms with E-state index in [1.807, 2.05) is 49.5 Å². The summed E-state index contributed by atoms with van der Waals surface area (Å²) in [6.45, 7) is 3.88. The van der Waals surface area contributed by atoms with Gasteiger partial charge in [-0.1, -0.05) is 42.5 Å². The number of rotatable bonds is 9. The lowest BCUT2D eigenvalue weighted by molar-refractivity contribution is -0.117. The maximum Gasteiger partial charge on any atom is 0.209 e. The average Bonchev–Trinajstić information content (AvgIpc) is 3.61. The highest BCUT2D eigenvalue weighted by Crippen LogP contribution is 2.32. The molecular formula is C32H33N7O. The number of carbonyl (C=O) groups excluding carboxylic acids is 1. The number of pyridine rings is 2. The number of hydrogen-bond donors (Lipinski definition) is 1. The lowest BCUT2D eigenvalue weighted by Crippen LogP contribution is -2.23. The van der Waals surface area contributed by atoms with Crippen LogP contribution in [0.5, 0.6) is 0 Å². The Hall–Kier alpha value is -4.56. The van der Waals surface area contributed by atoms with Gasteiger partial charge in [0.15, 0.2) is 11.5 Å². The molecule has 0 radical (unpaired) electrons. The lowest BCUT2D eigenvalue weighted by Gasteiger charge is -2.18. The van der Waals surface area contributed by atoms with E-state index in [0.717, 1.165) is 72.7 Å². The second kappa shape index (κ2) is 11.3. The molecule has 1 amide bonds. The van der Waals surface area contributed by atoms with Crippen LogP contribution in [-0.2, 0) is 11.3 Å². The van der Waals surface area contributed by atoms with Crippen LogP contribution in [0.3, 0.4) is 0 Å². The normalized spacial score (nSPS) is 15.5. The molecule has 40 heavy (non-hydrogen) atoms. The SMILES string of the molecule is CN(C=O)CCC1CCN(Cc2ccc(-n3c(-c4cccnc4N)nc4ccc(-c5ccccc5)nc43)cc2)C1. The van der Waals surface area contributed by atoms with Gasteiger partial charge >= 0.3 is 0 Å². The van der Waals surface area contributed by atoms with Gasteiger partial charge in [0, 0.05) is 44.1 Å². The van der Waals surface area contributed by atoms with Gasteiger partial charge in [0.05, 0.1) is 11.3 Å². The van der Waals surface area contributed by atoms with E-state index in [9.17, 15) is 4.79 Å². The number of imidazole rings is 1. The van der Waals surface area contributed by atoms with E-state index in [4.69, 9.17) is 15.7 Å². The van der Waals surface area contributed by atoms with Gasteiger partial charge in [0.1, 0.15) is 11.3 Å². The molecule has 1 aliphatic rings. The largest absolute Gasteiger partial charge is 0.383 e. The second-order valence-electron chi connectivity index (χ2n) is 10.5. The van der Waals surface area contributed by atoms with Gasteiger partial charge in [-0.05, 0) is 67.3 Å². The van der Waals surface area contributed by atoms with E-state index in [1.54, 1.807) is 11.1 Å². The number of amides is 1. The number of nitrogens with zero attached hydrogens (tertiary/aromatic N) is 6. The Balaban J connectivity index is 1.31. The van der Waals surface area contributed by atoms with Gasteiger partial charge in [-0.3, -0.25) is 14.3 Å². The molecular weight excluding hydrogens is 498 g/mol. The van der Waals surface area contributed by atoms with Gasteiger partial charge in [0.2, 0.25) is 6.41 Å². The van der Waals surface area contributed by atoms with Crippen molar-refractivity contribution in [3.63, 3.8) is 0 Å². The Morgan fingerprint density at radius 1 is 1.00 bits per heavy atom. The van der Waals surface area contributed by atoms with Crippen LogP contribution >= 0.6 is 0 Å². The molecule has 0 saturated carbocycles. The van der Waals surface area contributed by atoms with Crippen LogP contribution in [0.2, 0.25) is 0 Å². The molecule has 0 spiro atoms. The number of nitrogen functional groups attached to an aromatic ring is 1. The molecule has 2 N–H and O–H groups in total. The monoisotopic (exact) mass is 531 g/mol. The van der Waals surface area contributed by atoms with E-state index in [2.05, 4.69) is 50.8 Å². The van der Waals surface area contributed by atoms with Crippen molar-refractivity contribution in [3.05, 3.63) is 90.6 Å². The lowest BCUT2D eigenvalue weighted by atomic mass is 10.1. The Bertz CT molecular complexity index is 1610. The van der Waals surface area contributed by atoms with Gasteiger partial charge in [-0.15, -0.1) is 0 Å². The molecule has 0 bridgehead atoms. The van der Waals surface area contributed by atoms with Crippen molar-refractivity contribution in [1.82, 2.24) is 29.3 Å². The summed E-state index contributed by atoms with van der Waals surface area (Å²) in [7, 11) is 1.84. The first-order valence-corrected chi connectivity index (χ1v) is 13.7. The van der Waals surface area contributed by atoms with Gasteiger partial charge in [0.25, 0.3) is 0 Å². The number of hydrogen-bond acceptors (Lipinski definition) is 6. The standard InChI is InChI=1S/C32H33N7O/c1-37(22-40)18-15-24-16-19-38(21-24)20-23-9-11-26(12-10-23)39-31(27-8-5-17-34-30(27)33)36-29-14-13-28(35-32(29)39)25-6-3-2-4-7-25/h2-14,17,22,24H,15-16,18-21H2,1H3,(H2,33,34). The van der Waals surface area contributed by atoms with Crippen LogP contribution in [0.4, 0.5) is 5.82 Å². The molecule has 8 heteroatoms. The second-order valence-corrected chi connectivity index (χ2v) is 10.5. The van der Waals surface area contributed by atoms with Crippen LogP contribution < -0.4 is 5.73 Å². The van der Waals surface area contributed by atoms with E-state index in [-0.39, 0.29) is 0 Å². The number of anilines is 1. The van der Waals surface area contributed by atoms with E-state index in [0.29, 0.717) is 17.6 Å². The Morgan fingerprint density at radius 2 is 1.82 bits per heavy atom. The molecule has 2 aromatic carbocycles. The number of likely N-dealkylation sites (tertiary alicyclic amines) is 1. The highest BCUT2D eigenvalue weighted by Gasteiger charge is 2.23. The molecule has 0 aliphatic carbocycles. The van der Waals surface area contributed by atoms with E-state index in [1.165, 1.54) is 12.0 Å². The molecule has 1 aliphatic heterocycles. The molecule has 4 heterocycles. The fraction of sp³-hybridized carbons (Fsp3) is 0.250. The predicted molar refractivity (Wildman–Crippen MR) is 159 cm³/mol. The molecule has 8 nitrogen and oxygen atoms in total. The first-order valence-electron chi connectivity index (χ1n) is 13.7. The third-order valence-electron chi connectivity index (χ3n) is 7.69. The van der Waals surface area contributed by atoms with Crippen LogP contribution in [0, 0.1) is 5.92 Å². The minimum Gasteiger partial charge on any atom is -0.383 e. The maximum atomic E-state index is 10.9. The molecule has 1 unspecified atom stereocenters. The van der Waals surface area contributed by atoms with Crippen molar-refractivity contribution in [2.75, 3.05) is 32.4 Å². The molecule has 6 rings (SSSR count). The number of carbonyl (C=O) groups is 1. The zero-order valence-electron chi connectivity index (χ0n) is 22.6. The summed E-state index contributed by atoms with van der Waals surface area (Å²) in [5.41, 5.74) is 12.8. The third kappa shape index (κ3) is 5.31. The zero-order chi connectivity index (χ0) is 27.5. The quantitative estimate of drug-likeness (QED) is 0.268. The Labute approximate surface area is 234 Å². The van der Waals surface area contributed by atoms with Crippen molar-refractivity contribution in [2.45, 2.75) is 19.4 Å². The highest BCUT2D eigenvalue weighted by molar-refractivity contribution is 5.84. The van der Waals surface area contributed by atoms with E-state index >= 15 is 0 Å². The van der Waals surface area contributed by atoms with Gasteiger partial charge in [-0.25, -0.2) is 15.0 Å². The summed E-state index contributed by atoms with van der Waals surface area (Å²) in [5.74, 6) is 1.78. The summed E-state index contributed by atoms with van der Waals surface area (Å²) >= 11 is 0. The number of benzene rings is 2. The van der Waals surface area contributed by atoms with Crippen molar-refractivity contribution in [3.8, 4) is 28.3 Å². The average molecular weight is 532 g/mol. The topological polar surface area (TPSA) is 93.2 Å². The fourth-order valence-corrected chi connectivity index (χ4v) is 5.50. The Morgan fingerprint density at radius 3 is 2.60 bits per heavy atom. The number of nitrogens with two attached hydrogens (primary N) is 1. The van der Waals surface area contributed by atoms with Crippen molar-refractivity contribution >= 4 is 23.4 Å². The Kier molecular flexibility index (Phi) is 7.25. The van der Waals surface area contributed by atoms with Crippen molar-refractivity contribution in [2.24, 2.45) is 5.92 Å². The summed E-state index contributed by atoms with van der Waals surface area (Å²) in [6, 6.07) is 26.7. The minimum atomic E-state index is 0.432. The predicted octanol–water partition coefficient (Wildman–Crippen LogP) is 5.03. The van der Waals surface area contributed by atoms with Crippen LogP contribution in [0.25, 0.3) is 39.5 Å². The van der Waals surface area contributed by atoms with E-state index < -0.39 is 0 Å². The summed E-state index contributed by atoms with van der Waals surface area (Å²) in [4.78, 5) is 29.4. The number of aromatic nitrogens is 4.